The van der Waals surface area contributed by atoms with Crippen molar-refractivity contribution in [2.75, 3.05) is 11.9 Å². The average Bonchev–Trinajstić information content (AvgIpc) is 2.63. The van der Waals surface area contributed by atoms with Gasteiger partial charge >= 0.3 is 6.03 Å². The highest BCUT2D eigenvalue weighted by atomic mass is 80.0. The first-order chi connectivity index (χ1) is 9.73. The van der Waals surface area contributed by atoms with Gasteiger partial charge in [-0.25, -0.2) is 14.7 Å². The number of urea groups is 1. The topological polar surface area (TPSA) is 53.0 Å². The van der Waals surface area contributed by atoms with Crippen molar-refractivity contribution in [3.63, 3.8) is 0 Å². The lowest BCUT2D eigenvalue weighted by molar-refractivity contribution is -0.119. The van der Waals surface area contributed by atoms with E-state index in [2.05, 4.69) is 68.7 Å². The zero-order valence-corrected chi connectivity index (χ0v) is 17.0. The number of anilines is 1. The van der Waals surface area contributed by atoms with Crippen LogP contribution >= 0.6 is 63.7 Å². The van der Waals surface area contributed by atoms with Crippen LogP contribution in [0, 0.1) is 0 Å². The maximum absolute atomic E-state index is 12.3. The van der Waals surface area contributed by atoms with Crippen LogP contribution < -0.4 is 4.90 Å². The molecule has 1 unspecified atom stereocenters. The van der Waals surface area contributed by atoms with Crippen LogP contribution in [0.25, 0.3) is 0 Å². The minimum absolute atomic E-state index is 0.0540. The summed E-state index contributed by atoms with van der Waals surface area (Å²) in [6.07, 6.45) is 0. The van der Waals surface area contributed by atoms with Gasteiger partial charge < -0.3 is 0 Å². The molecular formula is C12H9Br4N3O2. The lowest BCUT2D eigenvalue weighted by Gasteiger charge is -2.19. The second-order valence-corrected chi connectivity index (χ2v) is 12.0. The number of aliphatic imine (C=N–C) groups is 1. The van der Waals surface area contributed by atoms with E-state index in [-0.39, 0.29) is 5.84 Å². The van der Waals surface area contributed by atoms with E-state index >= 15 is 0 Å². The number of carbonyl (C=O) groups excluding carboxylic acids is 2. The Morgan fingerprint density at radius 2 is 1.71 bits per heavy atom. The van der Waals surface area contributed by atoms with E-state index in [0.717, 1.165) is 4.90 Å². The number of hydrogen-bond acceptors (Lipinski definition) is 3. The van der Waals surface area contributed by atoms with Gasteiger partial charge in [0.2, 0.25) is 5.84 Å². The van der Waals surface area contributed by atoms with Gasteiger partial charge in [0.05, 0.1) is 5.69 Å². The molecule has 1 atom stereocenters. The predicted octanol–water partition coefficient (Wildman–Crippen LogP) is 4.04. The van der Waals surface area contributed by atoms with Gasteiger partial charge in [-0.15, -0.1) is 0 Å². The molecule has 5 nitrogen and oxygen atoms in total. The molecule has 1 aromatic carbocycles. The number of benzene rings is 1. The highest BCUT2D eigenvalue weighted by Gasteiger charge is 2.42. The Morgan fingerprint density at radius 3 is 2.24 bits per heavy atom. The van der Waals surface area contributed by atoms with Crippen LogP contribution in [0.2, 0.25) is 0 Å². The van der Waals surface area contributed by atoms with E-state index in [4.69, 9.17) is 0 Å². The number of rotatable bonds is 2. The molecule has 0 aliphatic carbocycles. The average molecular weight is 547 g/mol. The smallest absolute Gasteiger partial charge is 0.265 e. The molecule has 0 radical (unpaired) electrons. The summed E-state index contributed by atoms with van der Waals surface area (Å²) in [7, 11) is 1.43. The Hall–Kier alpha value is -0.250. The molecule has 0 aromatic heterocycles. The van der Waals surface area contributed by atoms with Crippen LogP contribution in [0.1, 0.15) is 0 Å². The molecule has 0 spiro atoms. The summed E-state index contributed by atoms with van der Waals surface area (Å²) in [5, 5.41) is 0. The first-order valence-electron chi connectivity index (χ1n) is 5.69. The fourth-order valence-corrected chi connectivity index (χ4v) is 2.18. The fourth-order valence-electron chi connectivity index (χ4n) is 1.68. The molecule has 21 heavy (non-hydrogen) atoms. The standard InChI is InChI=1S/C12H9Br4N3O2/c1-18-9(20)8(17-10(13)12(14,15)16)19(11(18)21)7-5-3-2-4-6-7/h2-6,10H,1H3/b17-8+. The molecule has 0 N–H and O–H groups in total. The number of para-hydroxylation sites is 1. The molecule has 3 amide bonds. The van der Waals surface area contributed by atoms with Crippen LogP contribution in [0.15, 0.2) is 35.3 Å². The number of hydrogen-bond donors (Lipinski definition) is 0. The van der Waals surface area contributed by atoms with E-state index < -0.39 is 19.0 Å². The number of carbonyl (C=O) groups is 2. The SMILES string of the molecule is CN1C(=O)/C(=N\C(Br)C(Br)(Br)Br)N(c2ccccc2)C1=O. The molecule has 112 valence electrons. The molecule has 1 fully saturated rings. The van der Waals surface area contributed by atoms with Crippen LogP contribution in [-0.2, 0) is 4.79 Å². The van der Waals surface area contributed by atoms with Crippen molar-refractivity contribution in [2.24, 2.45) is 4.99 Å². The Labute approximate surface area is 155 Å². The Balaban J connectivity index is 2.48. The largest absolute Gasteiger partial charge is 0.337 e. The van der Waals surface area contributed by atoms with Gasteiger partial charge in [-0.2, -0.15) is 0 Å². The Bertz CT molecular complexity index is 600. The number of amidine groups is 1. The quantitative estimate of drug-likeness (QED) is 0.319. The molecule has 1 aliphatic heterocycles. The number of nitrogens with zero attached hydrogens (tertiary/aromatic N) is 3. The van der Waals surface area contributed by atoms with Crippen LogP contribution in [-0.4, -0.2) is 36.8 Å². The fraction of sp³-hybridized carbons (Fsp3) is 0.250. The first kappa shape index (κ1) is 17.1. The van der Waals surface area contributed by atoms with Crippen molar-refractivity contribution < 1.29 is 9.59 Å². The minimum Gasteiger partial charge on any atom is -0.265 e. The van der Waals surface area contributed by atoms with E-state index in [1.54, 1.807) is 24.3 Å². The molecule has 1 aliphatic rings. The third-order valence-corrected chi connectivity index (χ3v) is 6.74. The second kappa shape index (κ2) is 6.47. The highest BCUT2D eigenvalue weighted by Crippen LogP contribution is 2.42. The van der Waals surface area contributed by atoms with Crippen molar-refractivity contribution in [1.29, 1.82) is 0 Å². The van der Waals surface area contributed by atoms with Gasteiger partial charge in [0.15, 0.2) is 2.14 Å². The molecule has 9 heteroatoms. The molecule has 2 rings (SSSR count). The summed E-state index contributed by atoms with van der Waals surface area (Å²) in [4.78, 5) is 30.6. The summed E-state index contributed by atoms with van der Waals surface area (Å²) in [5.41, 5.74) is 0.586. The third-order valence-electron chi connectivity index (χ3n) is 2.71. The number of halogens is 4. The Morgan fingerprint density at radius 1 is 1.14 bits per heavy atom. The van der Waals surface area contributed by atoms with E-state index in [0.29, 0.717) is 5.69 Å². The molecule has 1 aromatic rings. The van der Waals surface area contributed by atoms with Crippen molar-refractivity contribution in [3.05, 3.63) is 30.3 Å². The number of amides is 3. The normalized spacial score (nSPS) is 19.6. The van der Waals surface area contributed by atoms with E-state index in [9.17, 15) is 9.59 Å². The molecule has 1 saturated heterocycles. The van der Waals surface area contributed by atoms with Crippen molar-refractivity contribution in [3.8, 4) is 0 Å². The van der Waals surface area contributed by atoms with Crippen LogP contribution in [0.5, 0.6) is 0 Å². The number of alkyl halides is 4. The van der Waals surface area contributed by atoms with Gasteiger partial charge in [0.1, 0.15) is 4.95 Å². The molecule has 1 heterocycles. The second-order valence-electron chi connectivity index (χ2n) is 4.15. The Kier molecular flexibility index (Phi) is 5.27. The number of likely N-dealkylation sites (N-methyl/N-ethyl adjacent to an activating group) is 1. The van der Waals surface area contributed by atoms with Crippen LogP contribution in [0.3, 0.4) is 0 Å². The zero-order valence-electron chi connectivity index (χ0n) is 10.6. The van der Waals surface area contributed by atoms with E-state index in [1.165, 1.54) is 11.9 Å². The predicted molar refractivity (Wildman–Crippen MR) is 96.7 cm³/mol. The summed E-state index contributed by atoms with van der Waals surface area (Å²) in [5.74, 6) is -0.400. The van der Waals surface area contributed by atoms with Crippen LogP contribution in [0.4, 0.5) is 10.5 Å². The highest BCUT2D eigenvalue weighted by molar-refractivity contribution is 9.40. The van der Waals surface area contributed by atoms with Gasteiger partial charge in [-0.3, -0.25) is 9.69 Å². The number of imide groups is 1. The first-order valence-corrected chi connectivity index (χ1v) is 8.98. The van der Waals surface area contributed by atoms with Gasteiger partial charge in [-0.05, 0) is 12.1 Å². The molecule has 0 bridgehead atoms. The summed E-state index contributed by atoms with van der Waals surface area (Å²) in [6.45, 7) is 0. The maximum atomic E-state index is 12.3. The monoisotopic (exact) mass is 543 g/mol. The summed E-state index contributed by atoms with van der Waals surface area (Å²) >= 11 is 13.3. The van der Waals surface area contributed by atoms with Gasteiger partial charge in [0, 0.05) is 7.05 Å². The third kappa shape index (κ3) is 3.57. The van der Waals surface area contributed by atoms with Gasteiger partial charge in [0.25, 0.3) is 5.91 Å². The van der Waals surface area contributed by atoms with Crippen molar-refractivity contribution in [2.45, 2.75) is 7.09 Å². The van der Waals surface area contributed by atoms with Gasteiger partial charge in [-0.1, -0.05) is 81.9 Å². The van der Waals surface area contributed by atoms with Crippen molar-refractivity contribution >= 4 is 87.2 Å². The van der Waals surface area contributed by atoms with Crippen molar-refractivity contribution in [1.82, 2.24) is 4.90 Å². The minimum atomic E-state index is -0.729. The zero-order chi connectivity index (χ0) is 15.8. The summed E-state index contributed by atoms with van der Waals surface area (Å²) < 4.78 is -0.729. The maximum Gasteiger partial charge on any atom is 0.337 e. The lowest BCUT2D eigenvalue weighted by atomic mass is 10.3. The van der Waals surface area contributed by atoms with E-state index in [1.807, 2.05) is 6.07 Å². The molecular weight excluding hydrogens is 538 g/mol. The summed E-state index contributed by atoms with van der Waals surface area (Å²) in [6, 6.07) is 8.46. The molecule has 0 saturated carbocycles. The lowest BCUT2D eigenvalue weighted by Crippen LogP contribution is -2.32.